The molecule has 1 heterocycles. The fourth-order valence-electron chi connectivity index (χ4n) is 1.81. The fourth-order valence-corrected chi connectivity index (χ4v) is 2.59. The van der Waals surface area contributed by atoms with Gasteiger partial charge < -0.3 is 15.7 Å². The van der Waals surface area contributed by atoms with Crippen molar-refractivity contribution in [3.8, 4) is 0 Å². The van der Waals surface area contributed by atoms with Gasteiger partial charge in [0, 0.05) is 17.9 Å². The molecule has 0 unspecified atom stereocenters. The zero-order chi connectivity index (χ0) is 14.5. The Morgan fingerprint density at radius 3 is 2.90 bits per heavy atom. The molecule has 0 saturated carbocycles. The van der Waals surface area contributed by atoms with Gasteiger partial charge in [-0.15, -0.1) is 0 Å². The SMILES string of the molecule is O=C(O)CCc1cccc(NC(=O)[C@@H]2CSC(=O)N2)c1. The van der Waals surface area contributed by atoms with Crippen molar-refractivity contribution < 1.29 is 19.5 Å². The molecule has 1 aliphatic rings. The lowest BCUT2D eigenvalue weighted by atomic mass is 10.1. The number of nitrogens with one attached hydrogen (secondary N) is 2. The summed E-state index contributed by atoms with van der Waals surface area (Å²) in [6.07, 6.45) is 0.460. The minimum Gasteiger partial charge on any atom is -0.481 e. The maximum absolute atomic E-state index is 11.9. The topological polar surface area (TPSA) is 95.5 Å². The molecule has 0 bridgehead atoms. The number of rotatable bonds is 5. The molecular weight excluding hydrogens is 280 g/mol. The van der Waals surface area contributed by atoms with Crippen molar-refractivity contribution in [2.45, 2.75) is 18.9 Å². The molecule has 0 aromatic heterocycles. The van der Waals surface area contributed by atoms with E-state index in [1.54, 1.807) is 18.2 Å². The molecule has 2 rings (SSSR count). The van der Waals surface area contributed by atoms with Gasteiger partial charge in [-0.05, 0) is 24.1 Å². The Kier molecular flexibility index (Phi) is 4.62. The van der Waals surface area contributed by atoms with Crippen molar-refractivity contribution in [1.82, 2.24) is 5.32 Å². The quantitative estimate of drug-likeness (QED) is 0.764. The van der Waals surface area contributed by atoms with Crippen LogP contribution in [0.5, 0.6) is 0 Å². The van der Waals surface area contributed by atoms with E-state index in [2.05, 4.69) is 10.6 Å². The van der Waals surface area contributed by atoms with Crippen molar-refractivity contribution in [1.29, 1.82) is 0 Å². The number of anilines is 1. The van der Waals surface area contributed by atoms with E-state index in [1.807, 2.05) is 6.07 Å². The number of hydrogen-bond donors (Lipinski definition) is 3. The molecule has 1 saturated heterocycles. The molecule has 1 aliphatic heterocycles. The molecule has 106 valence electrons. The molecule has 2 amide bonds. The van der Waals surface area contributed by atoms with Crippen LogP contribution in [0.3, 0.4) is 0 Å². The van der Waals surface area contributed by atoms with Crippen LogP contribution in [-0.4, -0.2) is 34.0 Å². The van der Waals surface area contributed by atoms with E-state index >= 15 is 0 Å². The summed E-state index contributed by atoms with van der Waals surface area (Å²) < 4.78 is 0. The Morgan fingerprint density at radius 2 is 2.25 bits per heavy atom. The number of carboxylic acids is 1. The highest BCUT2D eigenvalue weighted by molar-refractivity contribution is 8.14. The number of aryl methyl sites for hydroxylation is 1. The number of thioether (sulfide) groups is 1. The third-order valence-electron chi connectivity index (χ3n) is 2.81. The normalized spacial score (nSPS) is 17.6. The lowest BCUT2D eigenvalue weighted by Gasteiger charge is -2.11. The highest BCUT2D eigenvalue weighted by Crippen LogP contribution is 2.16. The number of aliphatic carboxylic acids is 1. The van der Waals surface area contributed by atoms with Crippen molar-refractivity contribution in [3.05, 3.63) is 29.8 Å². The maximum atomic E-state index is 11.9. The molecule has 3 N–H and O–H groups in total. The first-order valence-electron chi connectivity index (χ1n) is 6.09. The van der Waals surface area contributed by atoms with Crippen molar-refractivity contribution in [3.63, 3.8) is 0 Å². The molecule has 1 fully saturated rings. The lowest BCUT2D eigenvalue weighted by molar-refractivity contribution is -0.137. The number of amides is 2. The zero-order valence-corrected chi connectivity index (χ0v) is 11.4. The molecule has 0 radical (unpaired) electrons. The lowest BCUT2D eigenvalue weighted by Crippen LogP contribution is -2.38. The van der Waals surface area contributed by atoms with E-state index in [1.165, 1.54) is 0 Å². The van der Waals surface area contributed by atoms with Crippen LogP contribution in [0.15, 0.2) is 24.3 Å². The van der Waals surface area contributed by atoms with Crippen LogP contribution in [-0.2, 0) is 16.0 Å². The van der Waals surface area contributed by atoms with Crippen LogP contribution in [0.4, 0.5) is 10.5 Å². The highest BCUT2D eigenvalue weighted by Gasteiger charge is 2.27. The highest BCUT2D eigenvalue weighted by atomic mass is 32.2. The minimum absolute atomic E-state index is 0.0483. The summed E-state index contributed by atoms with van der Waals surface area (Å²) in [6, 6.07) is 6.52. The third kappa shape index (κ3) is 3.99. The van der Waals surface area contributed by atoms with Crippen molar-refractivity contribution >= 4 is 34.6 Å². The summed E-state index contributed by atoms with van der Waals surface area (Å²) in [7, 11) is 0. The summed E-state index contributed by atoms with van der Waals surface area (Å²) in [5.41, 5.74) is 1.44. The summed E-state index contributed by atoms with van der Waals surface area (Å²) in [4.78, 5) is 33.5. The molecule has 0 spiro atoms. The number of carbonyl (C=O) groups excluding carboxylic acids is 2. The van der Waals surface area contributed by atoms with Gasteiger partial charge in [-0.25, -0.2) is 0 Å². The van der Waals surface area contributed by atoms with Gasteiger partial charge in [0.25, 0.3) is 5.24 Å². The van der Waals surface area contributed by atoms with Gasteiger partial charge in [0.05, 0.1) is 0 Å². The van der Waals surface area contributed by atoms with E-state index in [-0.39, 0.29) is 17.6 Å². The Morgan fingerprint density at radius 1 is 1.45 bits per heavy atom. The van der Waals surface area contributed by atoms with E-state index < -0.39 is 12.0 Å². The van der Waals surface area contributed by atoms with Gasteiger partial charge in [0.2, 0.25) is 5.91 Å². The van der Waals surface area contributed by atoms with Gasteiger partial charge >= 0.3 is 5.97 Å². The predicted octanol–water partition coefficient (Wildman–Crippen LogP) is 1.47. The van der Waals surface area contributed by atoms with Gasteiger partial charge in [0.1, 0.15) is 6.04 Å². The first-order valence-corrected chi connectivity index (χ1v) is 7.08. The largest absolute Gasteiger partial charge is 0.481 e. The summed E-state index contributed by atoms with van der Waals surface area (Å²) >= 11 is 1.08. The molecule has 1 aromatic carbocycles. The van der Waals surface area contributed by atoms with E-state index in [0.717, 1.165) is 17.3 Å². The van der Waals surface area contributed by atoms with Gasteiger partial charge in [0.15, 0.2) is 0 Å². The monoisotopic (exact) mass is 294 g/mol. The molecule has 7 heteroatoms. The van der Waals surface area contributed by atoms with Gasteiger partial charge in [-0.1, -0.05) is 23.9 Å². The molecule has 6 nitrogen and oxygen atoms in total. The molecule has 0 aliphatic carbocycles. The smallest absolute Gasteiger partial charge is 0.303 e. The third-order valence-corrected chi connectivity index (χ3v) is 3.69. The summed E-state index contributed by atoms with van der Waals surface area (Å²) in [6.45, 7) is 0. The summed E-state index contributed by atoms with van der Waals surface area (Å²) in [5.74, 6) is -0.701. The van der Waals surface area contributed by atoms with Gasteiger partial charge in [-0.2, -0.15) is 0 Å². The van der Waals surface area contributed by atoms with Crippen LogP contribution in [0.2, 0.25) is 0 Å². The maximum Gasteiger partial charge on any atom is 0.303 e. The first-order chi connectivity index (χ1) is 9.54. The number of benzene rings is 1. The molecule has 1 aromatic rings. The summed E-state index contributed by atoms with van der Waals surface area (Å²) in [5, 5.41) is 13.7. The van der Waals surface area contributed by atoms with Crippen LogP contribution in [0, 0.1) is 0 Å². The van der Waals surface area contributed by atoms with Crippen LogP contribution < -0.4 is 10.6 Å². The van der Waals surface area contributed by atoms with Crippen molar-refractivity contribution in [2.24, 2.45) is 0 Å². The first kappa shape index (κ1) is 14.4. The Balaban J connectivity index is 1.95. The fraction of sp³-hybridized carbons (Fsp3) is 0.308. The number of carboxylic acid groups (broad SMARTS) is 1. The second-order valence-corrected chi connectivity index (χ2v) is 5.37. The van der Waals surface area contributed by atoms with Crippen molar-refractivity contribution in [2.75, 3.05) is 11.1 Å². The molecular formula is C13H14N2O4S. The van der Waals surface area contributed by atoms with E-state index in [9.17, 15) is 14.4 Å². The van der Waals surface area contributed by atoms with Crippen LogP contribution in [0.25, 0.3) is 0 Å². The zero-order valence-electron chi connectivity index (χ0n) is 10.6. The van der Waals surface area contributed by atoms with Crippen LogP contribution >= 0.6 is 11.8 Å². The Labute approximate surface area is 119 Å². The molecule has 20 heavy (non-hydrogen) atoms. The predicted molar refractivity (Wildman–Crippen MR) is 75.8 cm³/mol. The average molecular weight is 294 g/mol. The van der Waals surface area contributed by atoms with E-state index in [4.69, 9.17) is 5.11 Å². The second-order valence-electron chi connectivity index (χ2n) is 4.38. The Hall–Kier alpha value is -2.02. The van der Waals surface area contributed by atoms with Crippen LogP contribution in [0.1, 0.15) is 12.0 Å². The number of carbonyl (C=O) groups is 3. The second kappa shape index (κ2) is 6.42. The molecule has 1 atom stereocenters. The van der Waals surface area contributed by atoms with E-state index in [0.29, 0.717) is 17.9 Å². The average Bonchev–Trinajstić information content (AvgIpc) is 2.84. The standard InChI is InChI=1S/C13H14N2O4S/c16-11(17)5-4-8-2-1-3-9(6-8)14-12(18)10-7-20-13(19)15-10/h1-3,6,10H,4-5,7H2,(H,14,18)(H,15,19)(H,16,17)/t10-/m0/s1. The number of hydrogen-bond acceptors (Lipinski definition) is 4. The Bertz CT molecular complexity index is 547. The van der Waals surface area contributed by atoms with Gasteiger partial charge in [-0.3, -0.25) is 14.4 Å². The minimum atomic E-state index is -0.856.